The van der Waals surface area contributed by atoms with Crippen molar-refractivity contribution in [2.24, 2.45) is 0 Å². The number of esters is 1. The molecule has 0 aliphatic carbocycles. The van der Waals surface area contributed by atoms with E-state index in [0.717, 1.165) is 35.7 Å². The summed E-state index contributed by atoms with van der Waals surface area (Å²) in [7, 11) is 3.05. The quantitative estimate of drug-likeness (QED) is 0.608. The molecule has 1 saturated heterocycles. The molecule has 0 saturated carbocycles. The lowest BCUT2D eigenvalue weighted by Crippen LogP contribution is -2.36. The molecule has 0 radical (unpaired) electrons. The van der Waals surface area contributed by atoms with Crippen molar-refractivity contribution >= 4 is 23.8 Å². The van der Waals surface area contributed by atoms with Crippen molar-refractivity contribution < 1.29 is 19.0 Å². The number of anilines is 1. The number of carbonyl (C=O) groups is 1. The zero-order valence-corrected chi connectivity index (χ0v) is 15.1. The number of morpholine rings is 1. The molecular weight excluding hydrogens is 330 g/mol. The first-order valence-corrected chi connectivity index (χ1v) is 8.59. The second kappa shape index (κ2) is 8.54. The summed E-state index contributed by atoms with van der Waals surface area (Å²) in [4.78, 5) is 14.5. The molecule has 0 unspecified atom stereocenters. The third-order valence-electron chi connectivity index (χ3n) is 4.40. The normalized spacial score (nSPS) is 14.5. The molecule has 0 bridgehead atoms. The van der Waals surface area contributed by atoms with Gasteiger partial charge in [-0.2, -0.15) is 0 Å². The van der Waals surface area contributed by atoms with Crippen molar-refractivity contribution in [3.8, 4) is 5.75 Å². The maximum absolute atomic E-state index is 12.2. The van der Waals surface area contributed by atoms with E-state index in [9.17, 15) is 4.79 Å². The number of rotatable bonds is 5. The second-order valence-electron chi connectivity index (χ2n) is 5.94. The molecule has 3 rings (SSSR count). The number of benzene rings is 2. The van der Waals surface area contributed by atoms with Crippen LogP contribution in [0.3, 0.4) is 0 Å². The summed E-state index contributed by atoms with van der Waals surface area (Å²) in [5.74, 6) is 0.473. The van der Waals surface area contributed by atoms with Crippen LogP contribution in [0.25, 0.3) is 12.2 Å². The summed E-state index contributed by atoms with van der Waals surface area (Å²) in [6.45, 7) is 2.97. The third-order valence-corrected chi connectivity index (χ3v) is 4.40. The number of hydrogen-bond acceptors (Lipinski definition) is 5. The van der Waals surface area contributed by atoms with Gasteiger partial charge in [-0.15, -0.1) is 0 Å². The highest BCUT2D eigenvalue weighted by molar-refractivity contribution is 5.97. The number of methoxy groups -OCH3 is 2. The molecule has 1 fully saturated rings. The third kappa shape index (κ3) is 4.06. The van der Waals surface area contributed by atoms with E-state index in [1.807, 2.05) is 48.6 Å². The van der Waals surface area contributed by atoms with E-state index in [2.05, 4.69) is 4.90 Å². The van der Waals surface area contributed by atoms with Crippen LogP contribution in [-0.2, 0) is 9.47 Å². The fourth-order valence-electron chi connectivity index (χ4n) is 2.99. The Balaban J connectivity index is 1.98. The van der Waals surface area contributed by atoms with Crippen LogP contribution in [0.4, 0.5) is 5.69 Å². The van der Waals surface area contributed by atoms with Gasteiger partial charge in [-0.3, -0.25) is 0 Å². The second-order valence-corrected chi connectivity index (χ2v) is 5.94. The van der Waals surface area contributed by atoms with Crippen LogP contribution < -0.4 is 9.64 Å². The molecule has 26 heavy (non-hydrogen) atoms. The maximum atomic E-state index is 12.2. The molecular formula is C21H23NO4. The topological polar surface area (TPSA) is 48.0 Å². The molecule has 1 heterocycles. The fourth-order valence-corrected chi connectivity index (χ4v) is 2.99. The molecule has 5 heteroatoms. The molecule has 2 aromatic carbocycles. The maximum Gasteiger partial charge on any atom is 0.338 e. The summed E-state index contributed by atoms with van der Waals surface area (Å²) >= 11 is 0. The van der Waals surface area contributed by atoms with Crippen molar-refractivity contribution in [2.45, 2.75) is 0 Å². The van der Waals surface area contributed by atoms with Crippen LogP contribution in [-0.4, -0.2) is 46.5 Å². The summed E-state index contributed by atoms with van der Waals surface area (Å²) in [5.41, 5.74) is 3.46. The molecule has 2 aromatic rings. The Morgan fingerprint density at radius 1 is 1.04 bits per heavy atom. The summed E-state index contributed by atoms with van der Waals surface area (Å²) in [5, 5.41) is 0. The van der Waals surface area contributed by atoms with Crippen LogP contribution in [0.5, 0.6) is 5.75 Å². The van der Waals surface area contributed by atoms with Gasteiger partial charge >= 0.3 is 5.97 Å². The standard InChI is InChI=1S/C21H23NO4/c1-24-17-9-6-16(7-10-17)8-11-18-19(21(23)25-2)4-3-5-20(18)22-12-14-26-15-13-22/h3-11H,12-15H2,1-2H3/b11-8+. The van der Waals surface area contributed by atoms with E-state index >= 15 is 0 Å². The lowest BCUT2D eigenvalue weighted by molar-refractivity contribution is 0.0600. The Hall–Kier alpha value is -2.79. The van der Waals surface area contributed by atoms with Crippen molar-refractivity contribution in [3.05, 3.63) is 59.2 Å². The van der Waals surface area contributed by atoms with Crippen LogP contribution in [0.1, 0.15) is 21.5 Å². The first-order valence-electron chi connectivity index (χ1n) is 8.59. The number of ether oxygens (including phenoxy) is 3. The van der Waals surface area contributed by atoms with Gasteiger partial charge in [0.25, 0.3) is 0 Å². The van der Waals surface area contributed by atoms with Gasteiger partial charge in [0.05, 0.1) is 33.0 Å². The van der Waals surface area contributed by atoms with Gasteiger partial charge in [0.1, 0.15) is 5.75 Å². The van der Waals surface area contributed by atoms with E-state index in [0.29, 0.717) is 18.8 Å². The Kier molecular flexibility index (Phi) is 5.92. The Bertz CT molecular complexity index is 777. The van der Waals surface area contributed by atoms with Gasteiger partial charge in [0.15, 0.2) is 0 Å². The number of hydrogen-bond donors (Lipinski definition) is 0. The van der Waals surface area contributed by atoms with Gasteiger partial charge in [0, 0.05) is 24.3 Å². The molecule has 1 aliphatic rings. The van der Waals surface area contributed by atoms with Crippen LogP contribution in [0.2, 0.25) is 0 Å². The molecule has 0 N–H and O–H groups in total. The highest BCUT2D eigenvalue weighted by Gasteiger charge is 2.19. The lowest BCUT2D eigenvalue weighted by atomic mass is 10.0. The van der Waals surface area contributed by atoms with E-state index < -0.39 is 0 Å². The average Bonchev–Trinajstić information content (AvgIpc) is 2.72. The number of nitrogens with zero attached hydrogens (tertiary/aromatic N) is 1. The van der Waals surface area contributed by atoms with Crippen LogP contribution in [0, 0.1) is 0 Å². The van der Waals surface area contributed by atoms with Crippen LogP contribution in [0.15, 0.2) is 42.5 Å². The van der Waals surface area contributed by atoms with Crippen molar-refractivity contribution in [2.75, 3.05) is 45.4 Å². The molecule has 1 aliphatic heterocycles. The van der Waals surface area contributed by atoms with Crippen molar-refractivity contribution in [1.29, 1.82) is 0 Å². The summed E-state index contributed by atoms with van der Waals surface area (Å²) in [6.07, 6.45) is 3.96. The summed E-state index contributed by atoms with van der Waals surface area (Å²) < 4.78 is 15.6. The smallest absolute Gasteiger partial charge is 0.338 e. The van der Waals surface area contributed by atoms with Gasteiger partial charge in [0.2, 0.25) is 0 Å². The van der Waals surface area contributed by atoms with E-state index in [1.165, 1.54) is 7.11 Å². The largest absolute Gasteiger partial charge is 0.497 e. The first kappa shape index (κ1) is 18.0. The zero-order valence-electron chi connectivity index (χ0n) is 15.1. The van der Waals surface area contributed by atoms with E-state index in [1.54, 1.807) is 13.2 Å². The highest BCUT2D eigenvalue weighted by Crippen LogP contribution is 2.28. The molecule has 136 valence electrons. The minimum atomic E-state index is -0.338. The molecule has 0 spiro atoms. The van der Waals surface area contributed by atoms with Crippen molar-refractivity contribution in [1.82, 2.24) is 0 Å². The van der Waals surface area contributed by atoms with Crippen molar-refractivity contribution in [3.63, 3.8) is 0 Å². The minimum absolute atomic E-state index is 0.338. The number of carbonyl (C=O) groups excluding carboxylic acids is 1. The first-order chi connectivity index (χ1) is 12.7. The zero-order chi connectivity index (χ0) is 18.4. The SMILES string of the molecule is COC(=O)c1cccc(N2CCOCC2)c1/C=C/c1ccc(OC)cc1. The highest BCUT2D eigenvalue weighted by atomic mass is 16.5. The molecule has 5 nitrogen and oxygen atoms in total. The van der Waals surface area contributed by atoms with Gasteiger partial charge < -0.3 is 19.1 Å². The van der Waals surface area contributed by atoms with Crippen LogP contribution >= 0.6 is 0 Å². The van der Waals surface area contributed by atoms with E-state index in [4.69, 9.17) is 14.2 Å². The summed E-state index contributed by atoms with van der Waals surface area (Å²) in [6, 6.07) is 13.5. The van der Waals surface area contributed by atoms with Gasteiger partial charge in [-0.1, -0.05) is 30.4 Å². The van der Waals surface area contributed by atoms with Gasteiger partial charge in [-0.25, -0.2) is 4.79 Å². The predicted molar refractivity (Wildman–Crippen MR) is 103 cm³/mol. The minimum Gasteiger partial charge on any atom is -0.497 e. The fraction of sp³-hybridized carbons (Fsp3) is 0.286. The monoisotopic (exact) mass is 353 g/mol. The Labute approximate surface area is 153 Å². The van der Waals surface area contributed by atoms with E-state index in [-0.39, 0.29) is 5.97 Å². The molecule has 0 amide bonds. The Morgan fingerprint density at radius 3 is 2.42 bits per heavy atom. The predicted octanol–water partition coefficient (Wildman–Crippen LogP) is 3.49. The average molecular weight is 353 g/mol. The molecule has 0 atom stereocenters. The molecule has 0 aromatic heterocycles. The lowest BCUT2D eigenvalue weighted by Gasteiger charge is -2.30. The van der Waals surface area contributed by atoms with Gasteiger partial charge in [-0.05, 0) is 29.8 Å². The Morgan fingerprint density at radius 2 is 1.77 bits per heavy atom.